The molecule has 17 heavy (non-hydrogen) atoms. The summed E-state index contributed by atoms with van der Waals surface area (Å²) in [6, 6.07) is 0. The Labute approximate surface area is 102 Å². The van der Waals surface area contributed by atoms with Crippen molar-refractivity contribution in [3.05, 3.63) is 0 Å². The lowest BCUT2D eigenvalue weighted by atomic mass is 10.1. The van der Waals surface area contributed by atoms with Gasteiger partial charge in [0.15, 0.2) is 0 Å². The number of hydrogen-bond acceptors (Lipinski definition) is 4. The Bertz CT molecular complexity index is 315. The second-order valence-electron chi connectivity index (χ2n) is 4.05. The third kappa shape index (κ3) is 10.2. The Morgan fingerprint density at radius 1 is 1.47 bits per heavy atom. The largest absolute Gasteiger partial charge is 0.481 e. The van der Waals surface area contributed by atoms with Crippen molar-refractivity contribution in [2.24, 2.45) is 5.92 Å². The third-order valence-electron chi connectivity index (χ3n) is 2.26. The zero-order chi connectivity index (χ0) is 13.3. The van der Waals surface area contributed by atoms with Crippen LogP contribution in [0.25, 0.3) is 0 Å². The molecule has 0 aliphatic heterocycles. The fraction of sp³-hybridized carbons (Fsp3) is 0.900. The molecule has 0 fully saturated rings. The Balaban J connectivity index is 3.80. The Morgan fingerprint density at radius 3 is 2.65 bits per heavy atom. The first-order valence-electron chi connectivity index (χ1n) is 5.55. The van der Waals surface area contributed by atoms with Gasteiger partial charge < -0.3 is 9.84 Å². The average Bonchev–Trinajstić information content (AvgIpc) is 2.24. The highest BCUT2D eigenvalue weighted by Gasteiger charge is 2.12. The second kappa shape index (κ2) is 8.43. The lowest BCUT2D eigenvalue weighted by molar-refractivity contribution is -0.137. The van der Waals surface area contributed by atoms with Gasteiger partial charge in [-0.05, 0) is 18.8 Å². The van der Waals surface area contributed by atoms with Crippen molar-refractivity contribution in [1.29, 1.82) is 0 Å². The monoisotopic (exact) mass is 267 g/mol. The minimum absolute atomic E-state index is 0.0169. The fourth-order valence-electron chi connectivity index (χ4n) is 1.21. The van der Waals surface area contributed by atoms with E-state index in [1.54, 1.807) is 0 Å². The molecule has 0 heterocycles. The van der Waals surface area contributed by atoms with Crippen LogP contribution >= 0.6 is 0 Å². The third-order valence-corrected chi connectivity index (χ3v) is 3.70. The number of ether oxygens (including phenoxy) is 1. The van der Waals surface area contributed by atoms with E-state index in [0.717, 1.165) is 0 Å². The maximum Gasteiger partial charge on any atom is 0.303 e. The topological polar surface area (TPSA) is 92.7 Å². The van der Waals surface area contributed by atoms with Gasteiger partial charge in [-0.1, -0.05) is 6.92 Å². The minimum Gasteiger partial charge on any atom is -0.481 e. The first kappa shape index (κ1) is 16.3. The van der Waals surface area contributed by atoms with Crippen LogP contribution in [-0.4, -0.2) is 45.5 Å². The molecule has 0 aromatic carbocycles. The molecule has 0 bridgehead atoms. The van der Waals surface area contributed by atoms with Gasteiger partial charge in [0.05, 0.1) is 5.75 Å². The van der Waals surface area contributed by atoms with E-state index < -0.39 is 16.0 Å². The van der Waals surface area contributed by atoms with Crippen molar-refractivity contribution in [1.82, 2.24) is 4.72 Å². The second-order valence-corrected chi connectivity index (χ2v) is 5.98. The number of methoxy groups -OCH3 is 1. The summed E-state index contributed by atoms with van der Waals surface area (Å²) >= 11 is 0. The first-order valence-corrected chi connectivity index (χ1v) is 7.20. The molecule has 0 aromatic heterocycles. The summed E-state index contributed by atoms with van der Waals surface area (Å²) < 4.78 is 30.2. The van der Waals surface area contributed by atoms with Gasteiger partial charge in [0, 0.05) is 26.7 Å². The normalized spacial score (nSPS) is 13.5. The molecule has 0 saturated heterocycles. The Hall–Kier alpha value is -0.660. The van der Waals surface area contributed by atoms with E-state index in [1.807, 2.05) is 6.92 Å². The van der Waals surface area contributed by atoms with Gasteiger partial charge in [-0.25, -0.2) is 13.1 Å². The van der Waals surface area contributed by atoms with Crippen molar-refractivity contribution >= 4 is 16.0 Å². The lowest BCUT2D eigenvalue weighted by Crippen LogP contribution is -2.31. The van der Waals surface area contributed by atoms with E-state index >= 15 is 0 Å². The van der Waals surface area contributed by atoms with Crippen LogP contribution in [0.15, 0.2) is 0 Å². The number of sulfonamides is 1. The number of nitrogens with one attached hydrogen (secondary N) is 1. The maximum absolute atomic E-state index is 11.5. The van der Waals surface area contributed by atoms with E-state index in [2.05, 4.69) is 4.72 Å². The fourth-order valence-corrected chi connectivity index (χ4v) is 2.39. The van der Waals surface area contributed by atoms with Crippen LogP contribution in [0, 0.1) is 5.92 Å². The molecular weight excluding hydrogens is 246 g/mol. The molecule has 0 aliphatic carbocycles. The van der Waals surface area contributed by atoms with Gasteiger partial charge in [0.25, 0.3) is 0 Å². The smallest absolute Gasteiger partial charge is 0.303 e. The van der Waals surface area contributed by atoms with Crippen molar-refractivity contribution in [3.8, 4) is 0 Å². The van der Waals surface area contributed by atoms with E-state index in [4.69, 9.17) is 9.84 Å². The van der Waals surface area contributed by atoms with Gasteiger partial charge in [0.2, 0.25) is 10.0 Å². The molecule has 0 aromatic rings. The number of carbonyl (C=O) groups is 1. The van der Waals surface area contributed by atoms with Crippen LogP contribution in [0.5, 0.6) is 0 Å². The molecule has 0 amide bonds. The molecule has 2 N–H and O–H groups in total. The zero-order valence-corrected chi connectivity index (χ0v) is 11.1. The highest BCUT2D eigenvalue weighted by atomic mass is 32.2. The number of rotatable bonds is 10. The molecule has 0 radical (unpaired) electrons. The number of aliphatic carboxylic acids is 1. The van der Waals surface area contributed by atoms with Gasteiger partial charge in [-0.15, -0.1) is 0 Å². The van der Waals surface area contributed by atoms with Crippen molar-refractivity contribution < 1.29 is 23.1 Å². The first-order chi connectivity index (χ1) is 7.87. The molecule has 0 rings (SSSR count). The van der Waals surface area contributed by atoms with Crippen molar-refractivity contribution in [2.75, 3.05) is 26.0 Å². The van der Waals surface area contributed by atoms with Crippen molar-refractivity contribution in [2.45, 2.75) is 26.2 Å². The Kier molecular flexibility index (Phi) is 8.11. The zero-order valence-electron chi connectivity index (χ0n) is 10.3. The molecule has 0 saturated carbocycles. The summed E-state index contributed by atoms with van der Waals surface area (Å²) in [5, 5.41) is 8.48. The molecular formula is C10H21NO5S. The van der Waals surface area contributed by atoms with Crippen LogP contribution in [-0.2, 0) is 19.6 Å². The Morgan fingerprint density at radius 2 is 2.12 bits per heavy atom. The van der Waals surface area contributed by atoms with Gasteiger partial charge >= 0.3 is 5.97 Å². The maximum atomic E-state index is 11.5. The van der Waals surface area contributed by atoms with E-state index in [0.29, 0.717) is 19.4 Å². The van der Waals surface area contributed by atoms with Crippen LogP contribution in [0.2, 0.25) is 0 Å². The summed E-state index contributed by atoms with van der Waals surface area (Å²) in [7, 11) is -1.74. The lowest BCUT2D eigenvalue weighted by Gasteiger charge is -2.11. The number of carboxylic acid groups (broad SMARTS) is 1. The molecule has 1 unspecified atom stereocenters. The average molecular weight is 267 g/mol. The van der Waals surface area contributed by atoms with Gasteiger partial charge in [-0.3, -0.25) is 4.79 Å². The summed E-state index contributed by atoms with van der Waals surface area (Å²) in [6.07, 6.45) is 0.984. The molecule has 0 spiro atoms. The SMILES string of the molecule is COCCCS(=O)(=O)NCC(C)CCC(=O)O. The van der Waals surface area contributed by atoms with Crippen molar-refractivity contribution in [3.63, 3.8) is 0 Å². The highest BCUT2D eigenvalue weighted by Crippen LogP contribution is 2.04. The minimum atomic E-state index is -3.26. The van der Waals surface area contributed by atoms with Crippen LogP contribution < -0.4 is 4.72 Å². The van der Waals surface area contributed by atoms with Gasteiger partial charge in [-0.2, -0.15) is 0 Å². The molecule has 102 valence electrons. The summed E-state index contributed by atoms with van der Waals surface area (Å²) in [4.78, 5) is 10.3. The summed E-state index contributed by atoms with van der Waals surface area (Å²) in [6.45, 7) is 2.51. The molecule has 6 nitrogen and oxygen atoms in total. The van der Waals surface area contributed by atoms with Crippen LogP contribution in [0.3, 0.4) is 0 Å². The summed E-state index contributed by atoms with van der Waals surface area (Å²) in [5.41, 5.74) is 0. The van der Waals surface area contributed by atoms with E-state index in [9.17, 15) is 13.2 Å². The predicted molar refractivity (Wildman–Crippen MR) is 64.3 cm³/mol. The van der Waals surface area contributed by atoms with Crippen LogP contribution in [0.4, 0.5) is 0 Å². The van der Waals surface area contributed by atoms with E-state index in [-0.39, 0.29) is 24.6 Å². The quantitative estimate of drug-likeness (QED) is 0.560. The number of hydrogen-bond donors (Lipinski definition) is 2. The predicted octanol–water partition coefficient (Wildman–Crippen LogP) is 0.443. The molecule has 0 aliphatic rings. The number of carboxylic acids is 1. The molecule has 7 heteroatoms. The standard InChI is InChI=1S/C10H21NO5S/c1-9(4-5-10(12)13)8-11-17(14,15)7-3-6-16-2/h9,11H,3-8H2,1-2H3,(H,12,13). The molecule has 1 atom stereocenters. The van der Waals surface area contributed by atoms with Crippen LogP contribution in [0.1, 0.15) is 26.2 Å². The summed E-state index contributed by atoms with van der Waals surface area (Å²) in [5.74, 6) is -0.810. The van der Waals surface area contributed by atoms with E-state index in [1.165, 1.54) is 7.11 Å². The highest BCUT2D eigenvalue weighted by molar-refractivity contribution is 7.89. The van der Waals surface area contributed by atoms with Gasteiger partial charge in [0.1, 0.15) is 0 Å².